The van der Waals surface area contributed by atoms with Crippen LogP contribution in [0.4, 0.5) is 14.5 Å². The van der Waals surface area contributed by atoms with E-state index in [0.717, 1.165) is 12.8 Å². The highest BCUT2D eigenvalue weighted by molar-refractivity contribution is 5.91. The molecule has 0 spiro atoms. The molecule has 3 N–H and O–H groups in total. The zero-order valence-electron chi connectivity index (χ0n) is 12.1. The number of halogens is 2. The van der Waals surface area contributed by atoms with E-state index in [1.165, 1.54) is 19.2 Å². The largest absolute Gasteiger partial charge is 0.493 e. The Hall–Kier alpha value is -1.89. The van der Waals surface area contributed by atoms with Crippen molar-refractivity contribution in [3.05, 3.63) is 18.2 Å². The van der Waals surface area contributed by atoms with Gasteiger partial charge in [0.05, 0.1) is 7.11 Å². The number of ether oxygens (including phenoxy) is 2. The third-order valence-corrected chi connectivity index (χ3v) is 2.77. The van der Waals surface area contributed by atoms with Crippen LogP contribution in [0, 0.1) is 0 Å². The van der Waals surface area contributed by atoms with Gasteiger partial charge in [-0.05, 0) is 18.6 Å². The number of benzene rings is 1. The molecule has 1 rings (SSSR count). The summed E-state index contributed by atoms with van der Waals surface area (Å²) in [6.45, 7) is -0.988. The molecule has 1 aromatic rings. The summed E-state index contributed by atoms with van der Waals surface area (Å²) in [6.07, 6.45) is 1.81. The number of nitrogens with one attached hydrogen (secondary N) is 1. The zero-order valence-corrected chi connectivity index (χ0v) is 12.1. The number of hydrogen-bond donors (Lipinski definition) is 2. The molecule has 118 valence electrons. The van der Waals surface area contributed by atoms with E-state index < -0.39 is 6.61 Å². The van der Waals surface area contributed by atoms with Crippen molar-refractivity contribution in [1.29, 1.82) is 0 Å². The van der Waals surface area contributed by atoms with E-state index >= 15 is 0 Å². The Labute approximate surface area is 122 Å². The molecule has 7 heteroatoms. The lowest BCUT2D eigenvalue weighted by Gasteiger charge is -2.13. The van der Waals surface area contributed by atoms with Crippen LogP contribution in [0.2, 0.25) is 0 Å². The number of rotatable bonds is 8. The SMILES string of the molecule is CCCC(N)CC(=O)Nc1ccc(OC)c(OC(F)F)c1. The minimum absolute atomic E-state index is 0.136. The second kappa shape index (κ2) is 8.41. The summed E-state index contributed by atoms with van der Waals surface area (Å²) < 4.78 is 33.9. The van der Waals surface area contributed by atoms with Crippen molar-refractivity contribution in [3.8, 4) is 11.5 Å². The summed E-state index contributed by atoms with van der Waals surface area (Å²) in [5, 5.41) is 2.60. The molecule has 0 saturated heterocycles. The average molecular weight is 302 g/mol. The average Bonchev–Trinajstić information content (AvgIpc) is 2.38. The predicted molar refractivity (Wildman–Crippen MR) is 75.8 cm³/mol. The molecular formula is C14H20F2N2O3. The number of methoxy groups -OCH3 is 1. The van der Waals surface area contributed by atoms with Crippen LogP contribution in [0.1, 0.15) is 26.2 Å². The smallest absolute Gasteiger partial charge is 0.387 e. The van der Waals surface area contributed by atoms with Crippen molar-refractivity contribution in [2.75, 3.05) is 12.4 Å². The molecule has 1 aromatic carbocycles. The number of alkyl halides is 2. The quantitative estimate of drug-likeness (QED) is 0.774. The first kappa shape index (κ1) is 17.2. The number of nitrogens with two attached hydrogens (primary N) is 1. The maximum Gasteiger partial charge on any atom is 0.387 e. The number of carbonyl (C=O) groups is 1. The van der Waals surface area contributed by atoms with Gasteiger partial charge in [0.2, 0.25) is 5.91 Å². The fourth-order valence-corrected chi connectivity index (χ4v) is 1.87. The molecule has 21 heavy (non-hydrogen) atoms. The Morgan fingerprint density at radius 2 is 2.10 bits per heavy atom. The Morgan fingerprint density at radius 1 is 1.38 bits per heavy atom. The van der Waals surface area contributed by atoms with Gasteiger partial charge in [0.25, 0.3) is 0 Å². The van der Waals surface area contributed by atoms with Gasteiger partial charge < -0.3 is 20.5 Å². The number of carbonyl (C=O) groups excluding carboxylic acids is 1. The number of hydrogen-bond acceptors (Lipinski definition) is 4. The summed E-state index contributed by atoms with van der Waals surface area (Å²) in [7, 11) is 1.34. The second-order valence-electron chi connectivity index (χ2n) is 4.55. The van der Waals surface area contributed by atoms with Gasteiger partial charge >= 0.3 is 6.61 Å². The first-order valence-electron chi connectivity index (χ1n) is 6.64. The lowest BCUT2D eigenvalue weighted by atomic mass is 10.1. The van der Waals surface area contributed by atoms with E-state index in [9.17, 15) is 13.6 Å². The molecule has 0 radical (unpaired) electrons. The van der Waals surface area contributed by atoms with Crippen LogP contribution in [-0.4, -0.2) is 25.7 Å². The Kier molecular flexibility index (Phi) is 6.87. The molecule has 0 aliphatic rings. The molecule has 5 nitrogen and oxygen atoms in total. The van der Waals surface area contributed by atoms with Gasteiger partial charge in [-0.3, -0.25) is 4.79 Å². The first-order valence-corrected chi connectivity index (χ1v) is 6.64. The van der Waals surface area contributed by atoms with Crippen LogP contribution in [0.3, 0.4) is 0 Å². The topological polar surface area (TPSA) is 73.6 Å². The Bertz CT molecular complexity index is 470. The number of anilines is 1. The van der Waals surface area contributed by atoms with Crippen molar-refractivity contribution < 1.29 is 23.0 Å². The van der Waals surface area contributed by atoms with E-state index in [1.807, 2.05) is 6.92 Å². The molecule has 0 aliphatic carbocycles. The second-order valence-corrected chi connectivity index (χ2v) is 4.55. The van der Waals surface area contributed by atoms with Crippen LogP contribution in [0.25, 0.3) is 0 Å². The third-order valence-electron chi connectivity index (χ3n) is 2.77. The van der Waals surface area contributed by atoms with E-state index in [2.05, 4.69) is 10.1 Å². The summed E-state index contributed by atoms with van der Waals surface area (Å²) in [5.41, 5.74) is 6.12. The fourth-order valence-electron chi connectivity index (χ4n) is 1.87. The highest BCUT2D eigenvalue weighted by atomic mass is 19.3. The summed E-state index contributed by atoms with van der Waals surface area (Å²) in [6, 6.07) is 4.05. The number of amides is 1. The van der Waals surface area contributed by atoms with Gasteiger partial charge in [-0.1, -0.05) is 13.3 Å². The van der Waals surface area contributed by atoms with Gasteiger partial charge in [0.1, 0.15) is 0 Å². The highest BCUT2D eigenvalue weighted by Crippen LogP contribution is 2.31. The van der Waals surface area contributed by atoms with Gasteiger partial charge in [0, 0.05) is 24.2 Å². The fraction of sp³-hybridized carbons (Fsp3) is 0.500. The van der Waals surface area contributed by atoms with Crippen molar-refractivity contribution in [2.45, 2.75) is 38.8 Å². The molecule has 1 amide bonds. The van der Waals surface area contributed by atoms with Crippen molar-refractivity contribution in [3.63, 3.8) is 0 Å². The standard InChI is InChI=1S/C14H20F2N2O3/c1-3-4-9(17)7-13(19)18-10-5-6-11(20-2)12(8-10)21-14(15)16/h5-6,8-9,14H,3-4,7,17H2,1-2H3,(H,18,19). The first-order chi connectivity index (χ1) is 9.96. The van der Waals surface area contributed by atoms with E-state index in [0.29, 0.717) is 5.69 Å². The molecule has 0 aliphatic heterocycles. The normalized spacial score (nSPS) is 12.1. The van der Waals surface area contributed by atoms with Gasteiger partial charge in [-0.2, -0.15) is 8.78 Å². The van der Waals surface area contributed by atoms with Crippen molar-refractivity contribution in [2.24, 2.45) is 5.73 Å². The van der Waals surface area contributed by atoms with Crippen molar-refractivity contribution in [1.82, 2.24) is 0 Å². The minimum atomic E-state index is -2.97. The van der Waals surface area contributed by atoms with Crippen molar-refractivity contribution >= 4 is 11.6 Å². The lowest BCUT2D eigenvalue weighted by molar-refractivity contribution is -0.116. The monoisotopic (exact) mass is 302 g/mol. The van der Waals surface area contributed by atoms with E-state index in [4.69, 9.17) is 10.5 Å². The molecule has 0 heterocycles. The van der Waals surface area contributed by atoms with Crippen LogP contribution in [0.15, 0.2) is 18.2 Å². The highest BCUT2D eigenvalue weighted by Gasteiger charge is 2.13. The summed E-state index contributed by atoms with van der Waals surface area (Å²) in [5.74, 6) is -0.247. The maximum absolute atomic E-state index is 12.3. The van der Waals surface area contributed by atoms with Gasteiger partial charge in [-0.15, -0.1) is 0 Å². The van der Waals surface area contributed by atoms with Crippen LogP contribution < -0.4 is 20.5 Å². The molecule has 1 unspecified atom stereocenters. The molecular weight excluding hydrogens is 282 g/mol. The third kappa shape index (κ3) is 5.95. The molecule has 1 atom stereocenters. The molecule has 0 saturated carbocycles. The van der Waals surface area contributed by atoms with Crippen LogP contribution >= 0.6 is 0 Å². The van der Waals surface area contributed by atoms with Crippen LogP contribution in [-0.2, 0) is 4.79 Å². The zero-order chi connectivity index (χ0) is 15.8. The lowest BCUT2D eigenvalue weighted by Crippen LogP contribution is -2.26. The van der Waals surface area contributed by atoms with Gasteiger partial charge in [-0.25, -0.2) is 0 Å². The van der Waals surface area contributed by atoms with Crippen LogP contribution in [0.5, 0.6) is 11.5 Å². The maximum atomic E-state index is 12.3. The van der Waals surface area contributed by atoms with E-state index in [1.54, 1.807) is 6.07 Å². The Balaban J connectivity index is 2.72. The molecule has 0 fully saturated rings. The minimum Gasteiger partial charge on any atom is -0.493 e. The molecule has 0 aromatic heterocycles. The summed E-state index contributed by atoms with van der Waals surface area (Å²) in [4.78, 5) is 11.8. The van der Waals surface area contributed by atoms with Gasteiger partial charge in [0.15, 0.2) is 11.5 Å². The predicted octanol–water partition coefficient (Wildman–Crippen LogP) is 2.75. The Morgan fingerprint density at radius 3 is 2.67 bits per heavy atom. The van der Waals surface area contributed by atoms with E-state index in [-0.39, 0.29) is 29.9 Å². The summed E-state index contributed by atoms with van der Waals surface area (Å²) >= 11 is 0. The molecule has 0 bridgehead atoms.